The van der Waals surface area contributed by atoms with Crippen LogP contribution >= 0.6 is 23.4 Å². The highest BCUT2D eigenvalue weighted by Crippen LogP contribution is 2.57. The molecular weight excluding hydrogens is 470 g/mol. The standard InChI is InChI=1S/C25H14ClN5O2S/c26-18-10-4-9-17-21(18)29-24(32)25(17)31-19(13-34-25)33-23(30-31)16-12-15-8-5-11-27-22(15)28-20(16)14-6-2-1-3-7-14/h1-13H,(H,29,32). The normalized spacial score (nSPS) is 20.1. The molecule has 34 heavy (non-hydrogen) atoms. The summed E-state index contributed by atoms with van der Waals surface area (Å²) in [6.07, 6.45) is 1.72. The van der Waals surface area contributed by atoms with Gasteiger partial charge in [0.1, 0.15) is 0 Å². The summed E-state index contributed by atoms with van der Waals surface area (Å²) in [7, 11) is 0. The Bertz CT molecular complexity index is 1590. The van der Waals surface area contributed by atoms with Crippen molar-refractivity contribution in [1.29, 1.82) is 0 Å². The molecule has 0 saturated carbocycles. The van der Waals surface area contributed by atoms with Crippen molar-refractivity contribution in [3.8, 4) is 11.3 Å². The Balaban J connectivity index is 1.41. The predicted octanol–water partition coefficient (Wildman–Crippen LogP) is 5.29. The van der Waals surface area contributed by atoms with Gasteiger partial charge in [0.05, 0.1) is 22.0 Å². The molecule has 3 aliphatic rings. The van der Waals surface area contributed by atoms with Gasteiger partial charge in [-0.1, -0.05) is 65.8 Å². The van der Waals surface area contributed by atoms with E-state index in [9.17, 15) is 4.79 Å². The molecular formula is C25H14ClN5O2S. The topological polar surface area (TPSA) is 79.7 Å². The zero-order chi connectivity index (χ0) is 22.9. The maximum Gasteiger partial charge on any atom is 0.268 e. The first kappa shape index (κ1) is 19.6. The number of nitrogens with one attached hydrogen (secondary N) is 1. The first-order valence-electron chi connectivity index (χ1n) is 10.5. The number of amides is 1. The molecule has 1 amide bonds. The van der Waals surface area contributed by atoms with Gasteiger partial charge in [0.2, 0.25) is 16.7 Å². The molecule has 0 aliphatic carbocycles. The molecule has 9 heteroatoms. The average molecular weight is 484 g/mol. The van der Waals surface area contributed by atoms with Crippen LogP contribution in [0.5, 0.6) is 0 Å². The second-order valence-electron chi connectivity index (χ2n) is 7.95. The lowest BCUT2D eigenvalue weighted by molar-refractivity contribution is -0.121. The number of hydrogen-bond acceptors (Lipinski definition) is 7. The number of halogens is 1. The van der Waals surface area contributed by atoms with Crippen LogP contribution in [0.4, 0.5) is 5.69 Å². The molecule has 3 aliphatic heterocycles. The highest BCUT2D eigenvalue weighted by molar-refractivity contribution is 8.04. The maximum absolute atomic E-state index is 13.2. The van der Waals surface area contributed by atoms with Crippen LogP contribution in [0.3, 0.4) is 0 Å². The van der Waals surface area contributed by atoms with Gasteiger partial charge in [-0.15, -0.1) is 5.10 Å². The first-order valence-corrected chi connectivity index (χ1v) is 11.8. The lowest BCUT2D eigenvalue weighted by Crippen LogP contribution is -2.41. The molecule has 0 saturated heterocycles. The van der Waals surface area contributed by atoms with E-state index in [0.717, 1.165) is 16.5 Å². The number of nitrogens with zero attached hydrogens (tertiary/aromatic N) is 4. The molecule has 0 fully saturated rings. The molecule has 2 aromatic heterocycles. The Morgan fingerprint density at radius 2 is 1.94 bits per heavy atom. The summed E-state index contributed by atoms with van der Waals surface area (Å²) in [6.45, 7) is 0. The summed E-state index contributed by atoms with van der Waals surface area (Å²) >= 11 is 7.71. The quantitative estimate of drug-likeness (QED) is 0.417. The van der Waals surface area contributed by atoms with Gasteiger partial charge in [-0.3, -0.25) is 4.79 Å². The Kier molecular flexibility index (Phi) is 4.06. The van der Waals surface area contributed by atoms with Crippen molar-refractivity contribution in [2.24, 2.45) is 5.10 Å². The van der Waals surface area contributed by atoms with E-state index in [1.807, 2.05) is 66.1 Å². The summed E-state index contributed by atoms with van der Waals surface area (Å²) < 4.78 is 6.21. The second-order valence-corrected chi connectivity index (χ2v) is 9.42. The minimum Gasteiger partial charge on any atom is -0.418 e. The van der Waals surface area contributed by atoms with Gasteiger partial charge in [0.25, 0.3) is 5.91 Å². The van der Waals surface area contributed by atoms with Crippen LogP contribution in [0.1, 0.15) is 11.1 Å². The molecule has 7 rings (SSSR count). The van der Waals surface area contributed by atoms with Crippen molar-refractivity contribution in [2.75, 3.05) is 5.32 Å². The Morgan fingerprint density at radius 1 is 1.06 bits per heavy atom. The minimum absolute atomic E-state index is 0.218. The fourth-order valence-corrected chi connectivity index (χ4v) is 5.79. The summed E-state index contributed by atoms with van der Waals surface area (Å²) in [5.41, 5.74) is 4.31. The predicted molar refractivity (Wildman–Crippen MR) is 132 cm³/mol. The Hall–Kier alpha value is -3.88. The SMILES string of the molecule is O=C1Nc2c(Cl)cccc2C12SC=C1OC(c3cc4cccnc4nc3-c3ccccc3)=NN12. The van der Waals surface area contributed by atoms with Crippen LogP contribution in [-0.2, 0) is 14.4 Å². The number of carbonyl (C=O) groups is 1. The van der Waals surface area contributed by atoms with E-state index in [2.05, 4.69) is 10.3 Å². The van der Waals surface area contributed by atoms with Crippen molar-refractivity contribution in [2.45, 2.75) is 4.87 Å². The highest BCUT2D eigenvalue weighted by Gasteiger charge is 2.59. The largest absolute Gasteiger partial charge is 0.418 e. The molecule has 7 nitrogen and oxygen atoms in total. The van der Waals surface area contributed by atoms with Gasteiger partial charge in [-0.2, -0.15) is 5.01 Å². The van der Waals surface area contributed by atoms with Gasteiger partial charge in [-0.25, -0.2) is 9.97 Å². The van der Waals surface area contributed by atoms with Gasteiger partial charge >= 0.3 is 0 Å². The van der Waals surface area contributed by atoms with Crippen molar-refractivity contribution < 1.29 is 9.53 Å². The van der Waals surface area contributed by atoms with E-state index in [1.165, 1.54) is 11.8 Å². The van der Waals surface area contributed by atoms with Crippen LogP contribution in [0, 0.1) is 0 Å². The molecule has 4 aromatic rings. The van der Waals surface area contributed by atoms with E-state index in [4.69, 9.17) is 26.4 Å². The number of thioether (sulfide) groups is 1. The monoisotopic (exact) mass is 483 g/mol. The number of carbonyl (C=O) groups excluding carboxylic acids is 1. The smallest absolute Gasteiger partial charge is 0.268 e. The average Bonchev–Trinajstić information content (AvgIpc) is 3.53. The third-order valence-corrected chi connectivity index (χ3v) is 7.58. The van der Waals surface area contributed by atoms with E-state index < -0.39 is 4.87 Å². The lowest BCUT2D eigenvalue weighted by atomic mass is 10.0. The van der Waals surface area contributed by atoms with E-state index in [-0.39, 0.29) is 5.91 Å². The highest BCUT2D eigenvalue weighted by atomic mass is 35.5. The molecule has 0 bridgehead atoms. The van der Waals surface area contributed by atoms with Gasteiger partial charge in [0, 0.05) is 28.1 Å². The molecule has 5 heterocycles. The fourth-order valence-electron chi connectivity index (χ4n) is 4.46. The van der Waals surface area contributed by atoms with Crippen LogP contribution in [-0.4, -0.2) is 26.8 Å². The van der Waals surface area contributed by atoms with Crippen molar-refractivity contribution in [1.82, 2.24) is 15.0 Å². The zero-order valence-electron chi connectivity index (χ0n) is 17.4. The van der Waals surface area contributed by atoms with Crippen LogP contribution < -0.4 is 5.32 Å². The van der Waals surface area contributed by atoms with Crippen molar-refractivity contribution in [3.63, 3.8) is 0 Å². The van der Waals surface area contributed by atoms with E-state index >= 15 is 0 Å². The number of rotatable bonds is 2. The molecule has 1 N–H and O–H groups in total. The Labute approximate surface area is 203 Å². The second kappa shape index (κ2) is 7.06. The molecule has 0 radical (unpaired) electrons. The molecule has 2 aromatic carbocycles. The summed E-state index contributed by atoms with van der Waals surface area (Å²) in [5, 5.41) is 12.5. The van der Waals surface area contributed by atoms with E-state index in [0.29, 0.717) is 39.4 Å². The van der Waals surface area contributed by atoms with Crippen LogP contribution in [0.25, 0.3) is 22.3 Å². The molecule has 164 valence electrons. The van der Waals surface area contributed by atoms with Gasteiger partial charge < -0.3 is 10.1 Å². The summed E-state index contributed by atoms with van der Waals surface area (Å²) in [4.78, 5) is 21.4. The van der Waals surface area contributed by atoms with Crippen LogP contribution in [0.2, 0.25) is 5.02 Å². The third-order valence-electron chi connectivity index (χ3n) is 6.02. The zero-order valence-corrected chi connectivity index (χ0v) is 19.0. The summed E-state index contributed by atoms with van der Waals surface area (Å²) in [5.74, 6) is 0.629. The minimum atomic E-state index is -1.12. The number of anilines is 1. The third kappa shape index (κ3) is 2.60. The number of benzene rings is 2. The van der Waals surface area contributed by atoms with Gasteiger partial charge in [-0.05, 0) is 24.3 Å². The van der Waals surface area contributed by atoms with E-state index in [1.54, 1.807) is 17.3 Å². The number of para-hydroxylation sites is 1. The first-order chi connectivity index (χ1) is 16.6. The van der Waals surface area contributed by atoms with Crippen molar-refractivity contribution in [3.05, 3.63) is 100 Å². The number of aromatic nitrogens is 2. The number of hydrogen-bond donors (Lipinski definition) is 1. The molecule has 1 spiro atoms. The fraction of sp³-hybridized carbons (Fsp3) is 0.0400. The lowest BCUT2D eigenvalue weighted by Gasteiger charge is -2.27. The molecule has 1 unspecified atom stereocenters. The number of fused-ring (bicyclic) bond motifs is 5. The maximum atomic E-state index is 13.2. The van der Waals surface area contributed by atoms with Gasteiger partial charge in [0.15, 0.2) is 5.65 Å². The number of hydrazone groups is 1. The summed E-state index contributed by atoms with van der Waals surface area (Å²) in [6, 6.07) is 21.1. The number of ether oxygens (including phenoxy) is 1. The van der Waals surface area contributed by atoms with Crippen LogP contribution in [0.15, 0.2) is 89.3 Å². The molecule has 1 atom stereocenters. The Morgan fingerprint density at radius 3 is 2.82 bits per heavy atom. The number of pyridine rings is 2. The van der Waals surface area contributed by atoms with Crippen molar-refractivity contribution >= 4 is 51.9 Å².